The summed E-state index contributed by atoms with van der Waals surface area (Å²) < 4.78 is 19.0. The van der Waals surface area contributed by atoms with E-state index in [-0.39, 0.29) is 0 Å². The lowest BCUT2D eigenvalue weighted by Crippen LogP contribution is -2.47. The van der Waals surface area contributed by atoms with E-state index in [4.69, 9.17) is 14.5 Å². The molecule has 0 saturated carbocycles. The summed E-state index contributed by atoms with van der Waals surface area (Å²) in [5.74, 6) is 0. The maximum Gasteiger partial charge on any atom is 0.469 e. The molecule has 1 fully saturated rings. The van der Waals surface area contributed by atoms with Gasteiger partial charge in [0.15, 0.2) is 0 Å². The van der Waals surface area contributed by atoms with Crippen molar-refractivity contribution in [3.8, 4) is 0 Å². The SMILES string of the molecule is O=c1ccn([C@]2(Br)O[C@H](COP(=O)(O)O)[C@@H](O)[C@H]2O)c(=O)[nH]1. The van der Waals surface area contributed by atoms with Gasteiger partial charge in [-0.25, -0.2) is 9.36 Å². The molecule has 1 aromatic rings. The Morgan fingerprint density at radius 3 is 2.64 bits per heavy atom. The molecule has 0 amide bonds. The Morgan fingerprint density at radius 2 is 2.09 bits per heavy atom. The van der Waals surface area contributed by atoms with Crippen molar-refractivity contribution in [1.82, 2.24) is 9.55 Å². The van der Waals surface area contributed by atoms with E-state index in [0.717, 1.165) is 16.8 Å². The molecule has 124 valence electrons. The molecule has 1 aromatic heterocycles. The Hall–Kier alpha value is -0.850. The lowest BCUT2D eigenvalue weighted by Gasteiger charge is -2.27. The predicted octanol–water partition coefficient (Wildman–Crippen LogP) is -2.23. The first-order valence-electron chi connectivity index (χ1n) is 5.80. The van der Waals surface area contributed by atoms with Crippen LogP contribution in [0.1, 0.15) is 0 Å². The fourth-order valence-electron chi connectivity index (χ4n) is 1.93. The largest absolute Gasteiger partial charge is 0.469 e. The Morgan fingerprint density at radius 1 is 1.45 bits per heavy atom. The number of rotatable bonds is 4. The molecule has 0 spiro atoms. The van der Waals surface area contributed by atoms with Gasteiger partial charge < -0.3 is 24.7 Å². The average Bonchev–Trinajstić information content (AvgIpc) is 2.61. The fourth-order valence-corrected chi connectivity index (χ4v) is 3.06. The molecule has 0 radical (unpaired) electrons. The summed E-state index contributed by atoms with van der Waals surface area (Å²) in [6.07, 6.45) is -3.59. The van der Waals surface area contributed by atoms with Crippen LogP contribution in [0, 0.1) is 0 Å². The molecule has 0 unspecified atom stereocenters. The van der Waals surface area contributed by atoms with Gasteiger partial charge >= 0.3 is 13.5 Å². The first-order valence-corrected chi connectivity index (χ1v) is 8.12. The molecule has 1 saturated heterocycles. The number of hydrogen-bond donors (Lipinski definition) is 5. The van der Waals surface area contributed by atoms with E-state index in [0.29, 0.717) is 0 Å². The second-order valence-electron chi connectivity index (χ2n) is 4.47. The molecule has 0 aliphatic carbocycles. The number of alkyl halides is 1. The minimum absolute atomic E-state index is 0.674. The zero-order chi connectivity index (χ0) is 16.7. The Kier molecular flexibility index (Phi) is 4.76. The van der Waals surface area contributed by atoms with Crippen molar-refractivity contribution in [2.45, 2.75) is 22.9 Å². The zero-order valence-electron chi connectivity index (χ0n) is 10.7. The maximum atomic E-state index is 11.8. The number of aromatic nitrogens is 2. The Labute approximate surface area is 130 Å². The highest BCUT2D eigenvalue weighted by Gasteiger charge is 2.55. The fraction of sp³-hybridized carbons (Fsp3) is 0.556. The number of nitrogens with zero attached hydrogens (tertiary/aromatic N) is 1. The highest BCUT2D eigenvalue weighted by Crippen LogP contribution is 2.42. The first kappa shape index (κ1) is 17.5. The van der Waals surface area contributed by atoms with Gasteiger partial charge in [0.05, 0.1) is 6.61 Å². The standard InChI is InChI=1S/C9H12BrN2O9P/c10-9(12-2-1-5(13)11-8(12)16)7(15)6(14)4(21-9)3-20-22(17,18)19/h1-2,4,6-7,14-15H,3H2,(H,11,13,16)(H2,17,18,19)/t4-,6-,7-,9+/m1/s1. The summed E-state index contributed by atoms with van der Waals surface area (Å²) in [6, 6.07) is 0.992. The van der Waals surface area contributed by atoms with Gasteiger partial charge in [0.1, 0.15) is 18.3 Å². The van der Waals surface area contributed by atoms with E-state index in [1.165, 1.54) is 0 Å². The molecule has 2 rings (SSSR count). The molecule has 1 aliphatic heterocycles. The third-order valence-electron chi connectivity index (χ3n) is 2.95. The van der Waals surface area contributed by atoms with Crippen molar-refractivity contribution in [3.63, 3.8) is 0 Å². The van der Waals surface area contributed by atoms with E-state index in [1.807, 2.05) is 4.98 Å². The zero-order valence-corrected chi connectivity index (χ0v) is 13.2. The molecule has 22 heavy (non-hydrogen) atoms. The Bertz CT molecular complexity index is 714. The molecular weight excluding hydrogens is 391 g/mol. The predicted molar refractivity (Wildman–Crippen MR) is 73.1 cm³/mol. The second-order valence-corrected chi connectivity index (χ2v) is 6.84. The lowest BCUT2D eigenvalue weighted by molar-refractivity contribution is -0.0759. The number of hydrogen-bond acceptors (Lipinski definition) is 7. The van der Waals surface area contributed by atoms with E-state index in [9.17, 15) is 24.4 Å². The van der Waals surface area contributed by atoms with Crippen molar-refractivity contribution in [2.75, 3.05) is 6.61 Å². The van der Waals surface area contributed by atoms with Crippen LogP contribution in [-0.4, -0.2) is 54.5 Å². The number of aliphatic hydroxyl groups excluding tert-OH is 2. The van der Waals surface area contributed by atoms with Crippen molar-refractivity contribution >= 4 is 23.8 Å². The topological polar surface area (TPSA) is 171 Å². The number of ether oxygens (including phenoxy) is 1. The van der Waals surface area contributed by atoms with E-state index in [2.05, 4.69) is 20.5 Å². The highest BCUT2D eigenvalue weighted by atomic mass is 79.9. The molecule has 13 heteroatoms. The lowest BCUT2D eigenvalue weighted by atomic mass is 10.1. The van der Waals surface area contributed by atoms with Crippen molar-refractivity contribution in [1.29, 1.82) is 0 Å². The molecule has 11 nitrogen and oxygen atoms in total. The minimum Gasteiger partial charge on any atom is -0.387 e. The summed E-state index contributed by atoms with van der Waals surface area (Å²) in [6.45, 7) is -0.728. The summed E-state index contributed by atoms with van der Waals surface area (Å²) in [4.78, 5) is 42.0. The highest BCUT2D eigenvalue weighted by molar-refractivity contribution is 9.09. The smallest absolute Gasteiger partial charge is 0.387 e. The van der Waals surface area contributed by atoms with Crippen LogP contribution in [0.25, 0.3) is 0 Å². The number of aromatic amines is 1. The molecule has 0 aromatic carbocycles. The van der Waals surface area contributed by atoms with Crippen LogP contribution in [0.15, 0.2) is 21.9 Å². The van der Waals surface area contributed by atoms with Crippen LogP contribution in [0.4, 0.5) is 0 Å². The van der Waals surface area contributed by atoms with Gasteiger partial charge in [-0.1, -0.05) is 0 Å². The number of H-pyrrole nitrogens is 1. The molecule has 1 aliphatic rings. The number of phosphoric acid groups is 1. The minimum atomic E-state index is -4.80. The van der Waals surface area contributed by atoms with Gasteiger partial charge in [-0.3, -0.25) is 18.9 Å². The number of aliphatic hydroxyl groups is 2. The Balaban J connectivity index is 2.30. The molecule has 2 heterocycles. The van der Waals surface area contributed by atoms with Crippen LogP contribution >= 0.6 is 23.8 Å². The van der Waals surface area contributed by atoms with E-state index < -0.39 is 48.6 Å². The second kappa shape index (κ2) is 5.98. The van der Waals surface area contributed by atoms with Crippen LogP contribution < -0.4 is 11.2 Å². The molecular formula is C9H12BrN2O9P. The third-order valence-corrected chi connectivity index (χ3v) is 4.47. The molecule has 5 N–H and O–H groups in total. The summed E-state index contributed by atoms with van der Waals surface area (Å²) >= 11 is 2.96. The van der Waals surface area contributed by atoms with Crippen molar-refractivity contribution in [2.24, 2.45) is 0 Å². The summed E-state index contributed by atoms with van der Waals surface area (Å²) in [7, 11) is -4.80. The maximum absolute atomic E-state index is 11.8. The molecule has 0 bridgehead atoms. The van der Waals surface area contributed by atoms with Crippen LogP contribution in [0.3, 0.4) is 0 Å². The monoisotopic (exact) mass is 402 g/mol. The van der Waals surface area contributed by atoms with Crippen molar-refractivity contribution in [3.05, 3.63) is 33.1 Å². The number of phosphoric ester groups is 1. The molecule has 4 atom stereocenters. The average molecular weight is 403 g/mol. The van der Waals surface area contributed by atoms with Gasteiger partial charge in [-0.15, -0.1) is 0 Å². The van der Waals surface area contributed by atoms with Crippen LogP contribution in [0.5, 0.6) is 0 Å². The summed E-state index contributed by atoms with van der Waals surface area (Å²) in [5.41, 5.74) is -1.60. The van der Waals surface area contributed by atoms with Gasteiger partial charge in [0.25, 0.3) is 5.56 Å². The van der Waals surface area contributed by atoms with Gasteiger partial charge in [-0.2, -0.15) is 0 Å². The van der Waals surface area contributed by atoms with Crippen LogP contribution in [-0.2, 0) is 18.5 Å². The number of nitrogens with one attached hydrogen (secondary N) is 1. The number of halogens is 1. The quantitative estimate of drug-likeness (QED) is 0.276. The third kappa shape index (κ3) is 3.39. The van der Waals surface area contributed by atoms with Gasteiger partial charge in [-0.05, 0) is 15.9 Å². The normalized spacial score (nSPS) is 32.3. The first-order chi connectivity index (χ1) is 10.0. The summed E-state index contributed by atoms with van der Waals surface area (Å²) in [5, 5.41) is 19.9. The van der Waals surface area contributed by atoms with E-state index in [1.54, 1.807) is 0 Å². The van der Waals surface area contributed by atoms with Gasteiger partial charge in [0, 0.05) is 12.3 Å². The van der Waals surface area contributed by atoms with E-state index >= 15 is 0 Å². The van der Waals surface area contributed by atoms with Crippen LogP contribution in [0.2, 0.25) is 0 Å². The van der Waals surface area contributed by atoms with Crippen molar-refractivity contribution < 1.29 is 33.8 Å². The van der Waals surface area contributed by atoms with Gasteiger partial charge in [0.2, 0.25) is 4.63 Å².